The van der Waals surface area contributed by atoms with Gasteiger partial charge in [0.25, 0.3) is 7.98 Å². The third kappa shape index (κ3) is 10.1. The first-order valence-corrected chi connectivity index (χ1v) is 19.6. The van der Waals surface area contributed by atoms with E-state index in [1.54, 1.807) is 27.0 Å². The number of aliphatic hydroxyl groups excluding tert-OH is 2. The van der Waals surface area contributed by atoms with Crippen LogP contribution in [0.4, 0.5) is 0 Å². The van der Waals surface area contributed by atoms with Crippen molar-refractivity contribution < 1.29 is 48.7 Å². The summed E-state index contributed by atoms with van der Waals surface area (Å²) in [5, 5.41) is 47.8. The molecular formula is C38H64BN5O10. The molecule has 16 heteroatoms. The maximum atomic E-state index is 14.3. The fourth-order valence-electron chi connectivity index (χ4n) is 8.55. The Kier molecular flexibility index (Phi) is 15.3. The average molecular weight is 762 g/mol. The Morgan fingerprint density at radius 2 is 1.78 bits per heavy atom. The Labute approximate surface area is 321 Å². The number of aliphatic hydroxyl groups is 3. The molecule has 1 aliphatic carbocycles. The van der Waals surface area contributed by atoms with E-state index in [0.29, 0.717) is 30.8 Å². The molecule has 2 saturated heterocycles. The van der Waals surface area contributed by atoms with Gasteiger partial charge >= 0.3 is 5.97 Å². The van der Waals surface area contributed by atoms with Crippen LogP contribution in [0.3, 0.4) is 0 Å². The molecule has 0 aromatic carbocycles. The van der Waals surface area contributed by atoms with E-state index in [-0.39, 0.29) is 31.1 Å². The SMILES string of the molecule is [B]n1cc(CCN(C)[C@H]2C[C@@H](C)O[C@@H](O[C@@H]3[C@@H](C)C(=O)[C@@H](C)C(=O)O[C@H](CC)[C@@](C)(O)[C@H](O)[C@@H](C)/C(=N\OC4CCCC4)[C@H](C)C[C@@]3(C)OC)[C@@H]2O)nn1. The number of likely N-dealkylation sites (N-methyl/N-ethyl adjacent to an activating group) is 1. The molecule has 0 bridgehead atoms. The summed E-state index contributed by atoms with van der Waals surface area (Å²) in [6.07, 6.45) is 0.709. The van der Waals surface area contributed by atoms with Crippen molar-refractivity contribution in [3.8, 4) is 0 Å². The lowest BCUT2D eigenvalue weighted by Gasteiger charge is -2.47. The summed E-state index contributed by atoms with van der Waals surface area (Å²) in [5.74, 6) is -4.66. The van der Waals surface area contributed by atoms with Crippen LogP contribution in [0.15, 0.2) is 11.4 Å². The van der Waals surface area contributed by atoms with Crippen molar-refractivity contribution in [2.24, 2.45) is 28.8 Å². The number of rotatable bonds is 10. The van der Waals surface area contributed by atoms with E-state index in [4.69, 9.17) is 31.8 Å². The molecule has 3 heterocycles. The number of esters is 1. The Morgan fingerprint density at radius 1 is 1.11 bits per heavy atom. The van der Waals surface area contributed by atoms with Crippen LogP contribution in [0.25, 0.3) is 0 Å². The molecule has 4 rings (SSSR count). The first-order valence-electron chi connectivity index (χ1n) is 19.6. The Bertz CT molecular complexity index is 1420. The van der Waals surface area contributed by atoms with Crippen LogP contribution >= 0.6 is 0 Å². The third-order valence-corrected chi connectivity index (χ3v) is 12.1. The van der Waals surface area contributed by atoms with Crippen LogP contribution in [0, 0.1) is 23.7 Å². The molecule has 2 radical (unpaired) electrons. The van der Waals surface area contributed by atoms with E-state index in [9.17, 15) is 24.9 Å². The lowest BCUT2D eigenvalue weighted by molar-refractivity contribution is -0.295. The van der Waals surface area contributed by atoms with Crippen LogP contribution in [0.1, 0.15) is 106 Å². The minimum absolute atomic E-state index is 0.0661. The van der Waals surface area contributed by atoms with Gasteiger partial charge in [0.1, 0.15) is 29.8 Å². The molecule has 54 heavy (non-hydrogen) atoms. The minimum Gasteiger partial charge on any atom is -0.459 e. The van der Waals surface area contributed by atoms with E-state index in [0.717, 1.165) is 30.3 Å². The second kappa shape index (κ2) is 18.7. The van der Waals surface area contributed by atoms with Crippen molar-refractivity contribution in [3.05, 3.63) is 11.9 Å². The van der Waals surface area contributed by atoms with E-state index < -0.39 is 77.3 Å². The number of hydrogen-bond acceptors (Lipinski definition) is 14. The number of methoxy groups -OCH3 is 1. The lowest BCUT2D eigenvalue weighted by Crippen LogP contribution is -2.60. The first-order chi connectivity index (χ1) is 25.3. The van der Waals surface area contributed by atoms with Crippen LogP contribution in [0.2, 0.25) is 0 Å². The van der Waals surface area contributed by atoms with Crippen LogP contribution in [-0.2, 0) is 39.8 Å². The van der Waals surface area contributed by atoms with Gasteiger partial charge in [0.05, 0.1) is 35.3 Å². The van der Waals surface area contributed by atoms with Gasteiger partial charge in [0, 0.05) is 50.1 Å². The smallest absolute Gasteiger partial charge is 0.316 e. The molecule has 2 aliphatic heterocycles. The van der Waals surface area contributed by atoms with Crippen molar-refractivity contribution in [2.45, 2.75) is 167 Å². The van der Waals surface area contributed by atoms with Gasteiger partial charge in [0.2, 0.25) is 0 Å². The molecule has 3 aliphatic rings. The summed E-state index contributed by atoms with van der Waals surface area (Å²) in [4.78, 5) is 36.0. The molecule has 0 unspecified atom stereocenters. The Hall–Kier alpha value is -2.47. The maximum Gasteiger partial charge on any atom is 0.316 e. The summed E-state index contributed by atoms with van der Waals surface area (Å²) >= 11 is 0. The molecule has 13 atom stereocenters. The van der Waals surface area contributed by atoms with Crippen molar-refractivity contribution >= 4 is 25.4 Å². The molecule has 3 N–H and O–H groups in total. The summed E-state index contributed by atoms with van der Waals surface area (Å²) in [6, 6.07) is -0.370. The fourth-order valence-corrected chi connectivity index (χ4v) is 8.55. The average Bonchev–Trinajstić information content (AvgIpc) is 3.82. The molecule has 3 fully saturated rings. The van der Waals surface area contributed by atoms with Gasteiger partial charge in [-0.1, -0.05) is 38.1 Å². The normalized spacial score (nSPS) is 40.2. The fraction of sp³-hybridized carbons (Fsp3) is 0.868. The van der Waals surface area contributed by atoms with Gasteiger partial charge in [-0.15, -0.1) is 5.10 Å². The molecule has 15 nitrogen and oxygen atoms in total. The molecular weight excluding hydrogens is 697 g/mol. The molecule has 0 spiro atoms. The zero-order valence-electron chi connectivity index (χ0n) is 33.9. The number of ketones is 1. The Morgan fingerprint density at radius 3 is 2.37 bits per heavy atom. The first kappa shape index (κ1) is 44.3. The predicted octanol–water partition coefficient (Wildman–Crippen LogP) is 2.60. The van der Waals surface area contributed by atoms with Crippen LogP contribution in [0.5, 0.6) is 0 Å². The topological polar surface area (TPSA) is 187 Å². The molecule has 304 valence electrons. The van der Waals surface area contributed by atoms with E-state index in [1.807, 2.05) is 32.7 Å². The standard InChI is InChI=1S/C38H64BN5O10/c1-11-29-38(8,49)33(47)23(4)30(41-54-27-14-12-13-15-27)21(2)19-37(7,50-10)34(24(5)31(45)25(6)35(48)52-29)53-36-32(46)28(18-22(3)51-36)43(9)17-16-26-20-44(39)42-40-26/h20-25,27-29,32-34,36,46-47,49H,11-19H2,1-10H3/b41-30-/t21-,22-,23+,24+,25-,28+,29-,32-,33-,34-,36+,37-,38-/m1/s1. The predicted molar refractivity (Wildman–Crippen MR) is 200 cm³/mol. The molecule has 1 aromatic heterocycles. The van der Waals surface area contributed by atoms with Crippen molar-refractivity contribution in [1.82, 2.24) is 19.8 Å². The van der Waals surface area contributed by atoms with Gasteiger partial charge in [0.15, 0.2) is 12.1 Å². The van der Waals surface area contributed by atoms with Gasteiger partial charge in [-0.2, -0.15) is 0 Å². The number of hydrogen-bond donors (Lipinski definition) is 3. The minimum atomic E-state index is -1.88. The number of Topliss-reactive ketones (excluding diaryl/α,β-unsaturated/α-hetero) is 1. The number of carbonyl (C=O) groups is 2. The zero-order chi connectivity index (χ0) is 40.1. The van der Waals surface area contributed by atoms with Crippen LogP contribution < -0.4 is 0 Å². The largest absolute Gasteiger partial charge is 0.459 e. The summed E-state index contributed by atoms with van der Waals surface area (Å²) < 4.78 is 26.2. The highest BCUT2D eigenvalue weighted by Crippen LogP contribution is 2.39. The molecule has 1 saturated carbocycles. The maximum absolute atomic E-state index is 14.3. The van der Waals surface area contributed by atoms with Gasteiger partial charge in [-0.05, 0) is 79.7 Å². The van der Waals surface area contributed by atoms with Crippen molar-refractivity contribution in [1.29, 1.82) is 0 Å². The number of aromatic nitrogens is 3. The number of oxime groups is 1. The highest BCUT2D eigenvalue weighted by Gasteiger charge is 2.52. The van der Waals surface area contributed by atoms with E-state index in [1.165, 1.54) is 21.0 Å². The highest BCUT2D eigenvalue weighted by molar-refractivity contribution is 6.05. The van der Waals surface area contributed by atoms with E-state index in [2.05, 4.69) is 15.5 Å². The van der Waals surface area contributed by atoms with Crippen molar-refractivity contribution in [3.63, 3.8) is 0 Å². The highest BCUT2D eigenvalue weighted by atomic mass is 16.7. The number of nitrogens with zero attached hydrogens (tertiary/aromatic N) is 5. The van der Waals surface area contributed by atoms with Crippen LogP contribution in [-0.4, -0.2) is 141 Å². The van der Waals surface area contributed by atoms with E-state index >= 15 is 0 Å². The summed E-state index contributed by atoms with van der Waals surface area (Å²) in [7, 11) is 9.10. The monoisotopic (exact) mass is 761 g/mol. The number of cyclic esters (lactones) is 1. The molecule has 0 amide bonds. The zero-order valence-corrected chi connectivity index (χ0v) is 33.9. The lowest BCUT2D eigenvalue weighted by atomic mass is 9.74. The quantitative estimate of drug-likeness (QED) is 0.137. The van der Waals surface area contributed by atoms with Gasteiger partial charge < -0.3 is 48.6 Å². The summed E-state index contributed by atoms with van der Waals surface area (Å²) in [5.41, 5.74) is -1.91. The third-order valence-electron chi connectivity index (χ3n) is 12.1. The second-order valence-electron chi connectivity index (χ2n) is 16.4. The van der Waals surface area contributed by atoms with Gasteiger partial charge in [-0.25, -0.2) is 0 Å². The second-order valence-corrected chi connectivity index (χ2v) is 16.4. The van der Waals surface area contributed by atoms with Crippen molar-refractivity contribution in [2.75, 3.05) is 20.7 Å². The van der Waals surface area contributed by atoms with Gasteiger partial charge in [-0.3, -0.25) is 9.59 Å². The molecule has 1 aromatic rings. The summed E-state index contributed by atoms with van der Waals surface area (Å²) in [6.45, 7) is 14.3. The Balaban J connectivity index is 1.72. The number of carbonyl (C=O) groups excluding carboxylic acids is 2. The number of ether oxygens (including phenoxy) is 4.